The quantitative estimate of drug-likeness (QED) is 0.530. The number of non-ortho nitro benzene ring substituents is 1. The van der Waals surface area contributed by atoms with E-state index in [-0.39, 0.29) is 10.6 Å². The van der Waals surface area contributed by atoms with Gasteiger partial charge in [-0.25, -0.2) is 0 Å². The van der Waals surface area contributed by atoms with E-state index < -0.39 is 16.1 Å². The lowest BCUT2D eigenvalue weighted by atomic mass is 10.1. The van der Waals surface area contributed by atoms with Gasteiger partial charge in [0.2, 0.25) is 0 Å². The van der Waals surface area contributed by atoms with Crippen molar-refractivity contribution in [2.45, 2.75) is 0 Å². The van der Waals surface area contributed by atoms with Gasteiger partial charge in [0.25, 0.3) is 16.8 Å². The predicted octanol–water partition coefficient (Wildman–Crippen LogP) is 3.18. The van der Waals surface area contributed by atoms with Crippen molar-refractivity contribution < 1.29 is 18.9 Å². The van der Waals surface area contributed by atoms with Gasteiger partial charge in [0.1, 0.15) is 11.5 Å². The van der Waals surface area contributed by atoms with E-state index in [4.69, 9.17) is 4.42 Å². The van der Waals surface area contributed by atoms with Crippen LogP contribution in [0.1, 0.15) is 5.76 Å². The van der Waals surface area contributed by atoms with Crippen LogP contribution in [0.2, 0.25) is 0 Å². The number of hydrogen-bond donors (Lipinski definition) is 1. The van der Waals surface area contributed by atoms with Gasteiger partial charge < -0.3 is 4.42 Å². The van der Waals surface area contributed by atoms with Crippen LogP contribution < -0.4 is 5.32 Å². The summed E-state index contributed by atoms with van der Waals surface area (Å²) in [6.07, 6.45) is 1.45. The molecule has 7 nitrogen and oxygen atoms in total. The van der Waals surface area contributed by atoms with Crippen molar-refractivity contribution in [2.24, 2.45) is 0 Å². The molecule has 1 aromatic carbocycles. The van der Waals surface area contributed by atoms with Gasteiger partial charge in [0, 0.05) is 23.8 Å². The van der Waals surface area contributed by atoms with Crippen molar-refractivity contribution in [1.29, 1.82) is 0 Å². The van der Waals surface area contributed by atoms with Gasteiger partial charge in [0.15, 0.2) is 0 Å². The number of nitro groups is 1. The minimum atomic E-state index is -0.486. The fraction of sp³-hybridized carbons (Fsp3) is 0. The van der Waals surface area contributed by atoms with Crippen molar-refractivity contribution >= 4 is 34.7 Å². The van der Waals surface area contributed by atoms with E-state index in [0.717, 1.165) is 11.8 Å². The number of nitrogens with zero attached hydrogens (tertiary/aromatic N) is 1. The average Bonchev–Trinajstić information content (AvgIpc) is 3.06. The second-order valence-corrected chi connectivity index (χ2v) is 5.38. The molecule has 1 saturated heterocycles. The van der Waals surface area contributed by atoms with E-state index in [0.29, 0.717) is 17.1 Å². The molecule has 1 aliphatic rings. The summed E-state index contributed by atoms with van der Waals surface area (Å²) < 4.78 is 5.55. The average molecular weight is 316 g/mol. The fourth-order valence-electron chi connectivity index (χ4n) is 1.91. The summed E-state index contributed by atoms with van der Waals surface area (Å²) >= 11 is 0.792. The minimum Gasteiger partial charge on any atom is -0.457 e. The number of imide groups is 1. The monoisotopic (exact) mass is 316 g/mol. The molecule has 1 aliphatic heterocycles. The standard InChI is InChI=1S/C14H8N2O5S/c17-13-12(22-14(18)15-13)7-10-4-5-11(21-10)8-2-1-3-9(6-8)16(19)20/h1-7H,(H,15,17,18)/b12-7+. The molecule has 2 aromatic rings. The summed E-state index contributed by atoms with van der Waals surface area (Å²) in [6, 6.07) is 9.30. The van der Waals surface area contributed by atoms with Crippen LogP contribution in [0.4, 0.5) is 10.5 Å². The second-order valence-electron chi connectivity index (χ2n) is 4.36. The normalized spacial score (nSPS) is 16.1. The third-order valence-electron chi connectivity index (χ3n) is 2.88. The Morgan fingerprint density at radius 2 is 2.05 bits per heavy atom. The molecule has 3 rings (SSSR count). The van der Waals surface area contributed by atoms with E-state index in [1.165, 1.54) is 18.2 Å². The van der Waals surface area contributed by atoms with Crippen LogP contribution in [0.25, 0.3) is 17.4 Å². The van der Waals surface area contributed by atoms with Crippen molar-refractivity contribution in [2.75, 3.05) is 0 Å². The van der Waals surface area contributed by atoms with E-state index in [1.54, 1.807) is 24.3 Å². The number of carbonyl (C=O) groups excluding carboxylic acids is 2. The summed E-state index contributed by atoms with van der Waals surface area (Å²) in [7, 11) is 0. The van der Waals surface area contributed by atoms with Gasteiger partial charge in [-0.2, -0.15) is 0 Å². The first kappa shape index (κ1) is 14.1. The van der Waals surface area contributed by atoms with Crippen molar-refractivity contribution in [3.05, 3.63) is 57.2 Å². The maximum Gasteiger partial charge on any atom is 0.290 e. The molecular weight excluding hydrogens is 308 g/mol. The Morgan fingerprint density at radius 1 is 1.23 bits per heavy atom. The fourth-order valence-corrected chi connectivity index (χ4v) is 2.57. The summed E-state index contributed by atoms with van der Waals surface area (Å²) in [5, 5.41) is 12.5. The first-order chi connectivity index (χ1) is 10.5. The zero-order chi connectivity index (χ0) is 15.7. The van der Waals surface area contributed by atoms with Gasteiger partial charge in [-0.15, -0.1) is 0 Å². The third kappa shape index (κ3) is 2.77. The molecule has 0 aliphatic carbocycles. The molecule has 0 unspecified atom stereocenters. The van der Waals surface area contributed by atoms with Crippen molar-refractivity contribution in [3.63, 3.8) is 0 Å². The summed E-state index contributed by atoms with van der Waals surface area (Å²) in [5.41, 5.74) is 0.517. The molecule has 1 fully saturated rings. The second kappa shape index (κ2) is 5.49. The van der Waals surface area contributed by atoms with Crippen molar-refractivity contribution in [1.82, 2.24) is 5.32 Å². The lowest BCUT2D eigenvalue weighted by molar-refractivity contribution is -0.384. The van der Waals surface area contributed by atoms with Gasteiger partial charge in [0.05, 0.1) is 9.83 Å². The van der Waals surface area contributed by atoms with Crippen LogP contribution in [-0.4, -0.2) is 16.1 Å². The van der Waals surface area contributed by atoms with E-state index >= 15 is 0 Å². The molecule has 1 N–H and O–H groups in total. The molecule has 0 radical (unpaired) electrons. The molecule has 2 amide bonds. The number of hydrogen-bond acceptors (Lipinski definition) is 6. The van der Waals surface area contributed by atoms with Crippen LogP contribution in [0.3, 0.4) is 0 Å². The zero-order valence-electron chi connectivity index (χ0n) is 10.9. The minimum absolute atomic E-state index is 0.0369. The van der Waals surface area contributed by atoms with Crippen LogP contribution in [0, 0.1) is 10.1 Å². The SMILES string of the molecule is O=C1NC(=O)/C(=C\c2ccc(-c3cccc([N+](=O)[O-])c3)o2)S1. The van der Waals surface area contributed by atoms with Crippen LogP contribution >= 0.6 is 11.8 Å². The molecular formula is C14H8N2O5S. The van der Waals surface area contributed by atoms with E-state index in [2.05, 4.69) is 5.32 Å². The highest BCUT2D eigenvalue weighted by molar-refractivity contribution is 8.18. The highest BCUT2D eigenvalue weighted by Crippen LogP contribution is 2.29. The third-order valence-corrected chi connectivity index (χ3v) is 3.69. The Kier molecular flexibility index (Phi) is 3.51. The molecule has 0 atom stereocenters. The number of nitro benzene ring substituents is 1. The molecule has 0 spiro atoms. The Morgan fingerprint density at radius 3 is 2.73 bits per heavy atom. The smallest absolute Gasteiger partial charge is 0.290 e. The van der Waals surface area contributed by atoms with Crippen molar-refractivity contribution in [3.8, 4) is 11.3 Å². The number of benzene rings is 1. The molecule has 1 aromatic heterocycles. The lowest BCUT2D eigenvalue weighted by Gasteiger charge is -1.97. The number of furan rings is 1. The number of nitrogens with one attached hydrogen (secondary N) is 1. The lowest BCUT2D eigenvalue weighted by Crippen LogP contribution is -2.17. The Labute approximate surface area is 128 Å². The van der Waals surface area contributed by atoms with Gasteiger partial charge in [-0.1, -0.05) is 12.1 Å². The van der Waals surface area contributed by atoms with Gasteiger partial charge in [-0.3, -0.25) is 25.0 Å². The van der Waals surface area contributed by atoms with Crippen LogP contribution in [-0.2, 0) is 4.79 Å². The molecule has 110 valence electrons. The van der Waals surface area contributed by atoms with Gasteiger partial charge in [-0.05, 0) is 23.9 Å². The molecule has 2 heterocycles. The largest absolute Gasteiger partial charge is 0.457 e. The topological polar surface area (TPSA) is 102 Å². The Bertz CT molecular complexity index is 824. The molecule has 22 heavy (non-hydrogen) atoms. The Hall–Kier alpha value is -2.87. The summed E-state index contributed by atoms with van der Waals surface area (Å²) in [4.78, 5) is 33.1. The van der Waals surface area contributed by atoms with Gasteiger partial charge >= 0.3 is 0 Å². The van der Waals surface area contributed by atoms with Crippen LogP contribution in [0.5, 0.6) is 0 Å². The number of rotatable bonds is 3. The number of carbonyl (C=O) groups is 2. The maximum atomic E-state index is 11.4. The summed E-state index contributed by atoms with van der Waals surface area (Å²) in [6.45, 7) is 0. The zero-order valence-corrected chi connectivity index (χ0v) is 11.8. The molecule has 0 saturated carbocycles. The first-order valence-corrected chi connectivity index (χ1v) is 6.94. The van der Waals surface area contributed by atoms with E-state index in [9.17, 15) is 19.7 Å². The molecule has 0 bridgehead atoms. The summed E-state index contributed by atoms with van der Waals surface area (Å²) in [5.74, 6) is 0.349. The van der Waals surface area contributed by atoms with E-state index in [1.807, 2.05) is 0 Å². The predicted molar refractivity (Wildman–Crippen MR) is 79.9 cm³/mol. The molecule has 8 heteroatoms. The first-order valence-electron chi connectivity index (χ1n) is 6.12. The Balaban J connectivity index is 1.90. The number of amides is 2. The highest BCUT2D eigenvalue weighted by Gasteiger charge is 2.25. The van der Waals surface area contributed by atoms with Crippen LogP contribution in [0.15, 0.2) is 45.7 Å². The number of thioether (sulfide) groups is 1. The maximum absolute atomic E-state index is 11.4. The highest BCUT2D eigenvalue weighted by atomic mass is 32.2.